The van der Waals surface area contributed by atoms with Crippen LogP contribution in [-0.2, 0) is 19.2 Å². The van der Waals surface area contributed by atoms with Crippen LogP contribution in [0.1, 0.15) is 11.1 Å². The first kappa shape index (κ1) is 18.1. The second-order valence-electron chi connectivity index (χ2n) is 4.45. The van der Waals surface area contributed by atoms with Crippen LogP contribution in [0.3, 0.4) is 0 Å². The maximum absolute atomic E-state index is 3.45. The van der Waals surface area contributed by atoms with Crippen molar-refractivity contribution in [1.82, 2.24) is 4.98 Å². The van der Waals surface area contributed by atoms with Crippen molar-refractivity contribution in [3.63, 3.8) is 0 Å². The number of H-pyrrole nitrogens is 1. The van der Waals surface area contributed by atoms with Gasteiger partial charge < -0.3 is 24.8 Å². The SMILES string of the molecule is Cc1c[nH][c]([Ti+2][C]2=CC=CC2=[Si](C)C)c1C.[Cl-].[Cl-]. The van der Waals surface area contributed by atoms with E-state index in [0.717, 1.165) is 0 Å². The molecule has 1 aromatic rings. The summed E-state index contributed by atoms with van der Waals surface area (Å²) in [4.78, 5) is 3.45. The molecule has 0 amide bonds. The fourth-order valence-electron chi connectivity index (χ4n) is 1.82. The molecule has 0 bridgehead atoms. The predicted molar refractivity (Wildman–Crippen MR) is 69.6 cm³/mol. The number of halogens is 2. The van der Waals surface area contributed by atoms with E-state index in [2.05, 4.69) is 56.4 Å². The fraction of sp³-hybridized carbons (Fsp3) is 0.308. The van der Waals surface area contributed by atoms with Gasteiger partial charge in [-0.2, -0.15) is 0 Å². The monoisotopic (exact) mass is 333 g/mol. The van der Waals surface area contributed by atoms with Crippen molar-refractivity contribution in [3.8, 4) is 0 Å². The summed E-state index contributed by atoms with van der Waals surface area (Å²) in [5.41, 5.74) is 2.86. The minimum Gasteiger partial charge on any atom is -1.00 e. The Hall–Kier alpha value is 0.141. The molecular formula is C13H17Cl2NSiTi. The van der Waals surface area contributed by atoms with E-state index in [1.165, 1.54) is 15.1 Å². The second-order valence-corrected chi connectivity index (χ2v) is 9.00. The van der Waals surface area contributed by atoms with Crippen LogP contribution in [0.15, 0.2) is 28.3 Å². The molecule has 0 radical (unpaired) electrons. The summed E-state index contributed by atoms with van der Waals surface area (Å²) in [6, 6.07) is 0. The summed E-state index contributed by atoms with van der Waals surface area (Å²) < 4.78 is 3.12. The van der Waals surface area contributed by atoms with E-state index in [1.54, 1.807) is 9.05 Å². The average Bonchev–Trinajstić information content (AvgIpc) is 2.80. The number of hydrogen-bond acceptors (Lipinski definition) is 0. The van der Waals surface area contributed by atoms with Crippen LogP contribution >= 0.6 is 0 Å². The summed E-state index contributed by atoms with van der Waals surface area (Å²) in [6.45, 7) is 9.17. The van der Waals surface area contributed by atoms with Gasteiger partial charge in [-0.3, -0.25) is 0 Å². The first-order chi connectivity index (χ1) is 7.59. The van der Waals surface area contributed by atoms with Gasteiger partial charge in [0.2, 0.25) is 0 Å². The van der Waals surface area contributed by atoms with E-state index in [9.17, 15) is 0 Å². The Morgan fingerprint density at radius 2 is 1.83 bits per heavy atom. The van der Waals surface area contributed by atoms with Crippen molar-refractivity contribution in [2.75, 3.05) is 0 Å². The Labute approximate surface area is 132 Å². The minimum atomic E-state index is -0.307. The number of hydrogen-bond donors (Lipinski definition) is 1. The van der Waals surface area contributed by atoms with Crippen LogP contribution < -0.4 is 28.8 Å². The molecule has 5 heteroatoms. The molecule has 0 unspecified atom stereocenters. The quantitative estimate of drug-likeness (QED) is 0.536. The molecule has 0 saturated carbocycles. The van der Waals surface area contributed by atoms with Crippen molar-refractivity contribution in [2.24, 2.45) is 0 Å². The van der Waals surface area contributed by atoms with Gasteiger partial charge in [-0.15, -0.1) is 0 Å². The van der Waals surface area contributed by atoms with Crippen LogP contribution in [0.25, 0.3) is 0 Å². The summed E-state index contributed by atoms with van der Waals surface area (Å²) >= 11 is -0.166. The summed E-state index contributed by atoms with van der Waals surface area (Å²) in [5, 5.41) is 1.64. The molecule has 0 saturated heterocycles. The first-order valence-corrected chi connectivity index (χ1v) is 9.63. The van der Waals surface area contributed by atoms with Gasteiger partial charge in [-0.05, 0) is 0 Å². The van der Waals surface area contributed by atoms with Crippen LogP contribution in [0.4, 0.5) is 0 Å². The zero-order valence-electron chi connectivity index (χ0n) is 11.1. The van der Waals surface area contributed by atoms with E-state index in [1.807, 2.05) is 0 Å². The third-order valence-electron chi connectivity index (χ3n) is 3.01. The molecule has 1 N–H and O–H groups in total. The molecule has 1 nitrogen and oxygen atoms in total. The maximum Gasteiger partial charge on any atom is -1.00 e. The van der Waals surface area contributed by atoms with Gasteiger partial charge in [-0.25, -0.2) is 0 Å². The molecule has 0 fully saturated rings. The number of rotatable bonds is 2. The van der Waals surface area contributed by atoms with Crippen LogP contribution in [-0.4, -0.2) is 18.6 Å². The number of aromatic nitrogens is 1. The molecule has 1 heterocycles. The van der Waals surface area contributed by atoms with E-state index < -0.39 is 0 Å². The van der Waals surface area contributed by atoms with Crippen LogP contribution in [0.2, 0.25) is 13.1 Å². The summed E-state index contributed by atoms with van der Waals surface area (Å²) in [6.07, 6.45) is 9.00. The average molecular weight is 334 g/mol. The Morgan fingerprint density at radius 3 is 2.33 bits per heavy atom. The zero-order valence-corrected chi connectivity index (χ0v) is 15.1. The molecule has 0 aliphatic heterocycles. The van der Waals surface area contributed by atoms with E-state index in [4.69, 9.17) is 0 Å². The number of aromatic amines is 1. The Kier molecular flexibility index (Phi) is 7.72. The van der Waals surface area contributed by atoms with Crippen LogP contribution in [0.5, 0.6) is 0 Å². The Bertz CT molecular complexity index is 511. The van der Waals surface area contributed by atoms with Gasteiger partial charge in [0.15, 0.2) is 0 Å². The smallest absolute Gasteiger partial charge is 1.00 e. The topological polar surface area (TPSA) is 15.8 Å². The van der Waals surface area contributed by atoms with Crippen molar-refractivity contribution < 1.29 is 44.0 Å². The van der Waals surface area contributed by atoms with Gasteiger partial charge in [-0.1, -0.05) is 0 Å². The van der Waals surface area contributed by atoms with Gasteiger partial charge in [0, 0.05) is 0 Å². The minimum absolute atomic E-state index is 0. The fourth-order valence-corrected chi connectivity index (χ4v) is 6.17. The van der Waals surface area contributed by atoms with Gasteiger partial charge in [0.05, 0.1) is 0 Å². The number of allylic oxidation sites excluding steroid dienone is 4. The van der Waals surface area contributed by atoms with Gasteiger partial charge >= 0.3 is 108 Å². The Balaban J connectivity index is 0.00000144. The largest absolute Gasteiger partial charge is 1.00 e. The molecular weight excluding hydrogens is 317 g/mol. The van der Waals surface area contributed by atoms with Crippen molar-refractivity contribution in [3.05, 3.63) is 39.4 Å². The van der Waals surface area contributed by atoms with Crippen molar-refractivity contribution in [2.45, 2.75) is 26.9 Å². The van der Waals surface area contributed by atoms with Crippen LogP contribution in [0, 0.1) is 13.8 Å². The molecule has 96 valence electrons. The molecule has 1 aliphatic carbocycles. The van der Waals surface area contributed by atoms with E-state index >= 15 is 0 Å². The van der Waals surface area contributed by atoms with E-state index in [-0.39, 0.29) is 52.4 Å². The van der Waals surface area contributed by atoms with Gasteiger partial charge in [0.1, 0.15) is 0 Å². The zero-order chi connectivity index (χ0) is 11.7. The van der Waals surface area contributed by atoms with E-state index in [0.29, 0.717) is 0 Å². The maximum atomic E-state index is 3.45. The normalized spacial score (nSPS) is 12.4. The van der Waals surface area contributed by atoms with Gasteiger partial charge in [0.25, 0.3) is 0 Å². The molecule has 2 rings (SSSR count). The Morgan fingerprint density at radius 1 is 1.17 bits per heavy atom. The standard InChI is InChI=1S/C7H9Si.C6H8N.2ClH.Ti/c1-8(2)7-5-3-4-6-7;1-5-3-7-4-6(5)2;;;/h3-5H,1-2H3;3,7H,1-2H3;2*1H;/q;;;;+2/p-2. The first-order valence-electron chi connectivity index (χ1n) is 5.57. The third-order valence-corrected chi connectivity index (χ3v) is 7.22. The molecule has 1 aromatic heterocycles. The third kappa shape index (κ3) is 3.82. The second kappa shape index (κ2) is 7.66. The molecule has 0 atom stereocenters. The molecule has 1 aliphatic rings. The molecule has 0 aromatic carbocycles. The van der Waals surface area contributed by atoms with Crippen molar-refractivity contribution >= 4 is 17.6 Å². The molecule has 0 spiro atoms. The number of aryl methyl sites for hydroxylation is 1. The summed E-state index contributed by atoms with van der Waals surface area (Å²) in [5.74, 6) is 0. The number of nitrogens with one attached hydrogen (secondary N) is 1. The van der Waals surface area contributed by atoms with Crippen molar-refractivity contribution in [1.29, 1.82) is 0 Å². The predicted octanol–water partition coefficient (Wildman–Crippen LogP) is -3.69. The summed E-state index contributed by atoms with van der Waals surface area (Å²) in [7, 11) is -0.307. The molecule has 18 heavy (non-hydrogen) atoms.